The van der Waals surface area contributed by atoms with Crippen molar-refractivity contribution in [1.29, 1.82) is 0 Å². The SMILES string of the molecule is COc1ccc2cc(/C(C)=N\NC(=O)CNc3ccccc3)ccc2c1. The first kappa shape index (κ1) is 17.5. The number of fused-ring (bicyclic) bond motifs is 1. The fourth-order valence-corrected chi connectivity index (χ4v) is 2.56. The van der Waals surface area contributed by atoms with Crippen LogP contribution < -0.4 is 15.5 Å². The van der Waals surface area contributed by atoms with Crippen LogP contribution in [0.5, 0.6) is 5.75 Å². The highest BCUT2D eigenvalue weighted by molar-refractivity contribution is 6.02. The fraction of sp³-hybridized carbons (Fsp3) is 0.143. The molecule has 0 spiro atoms. The molecular weight excluding hydrogens is 326 g/mol. The molecule has 0 heterocycles. The Morgan fingerprint density at radius 1 is 1.00 bits per heavy atom. The summed E-state index contributed by atoms with van der Waals surface area (Å²) >= 11 is 0. The lowest BCUT2D eigenvalue weighted by Crippen LogP contribution is -2.26. The van der Waals surface area contributed by atoms with Crippen molar-refractivity contribution in [1.82, 2.24) is 5.43 Å². The van der Waals surface area contributed by atoms with E-state index < -0.39 is 0 Å². The topological polar surface area (TPSA) is 62.7 Å². The standard InChI is InChI=1S/C21H21N3O2/c1-15(23-24-21(25)14-22-19-6-4-3-5-7-19)16-8-9-18-13-20(26-2)11-10-17(18)12-16/h3-13,22H,14H2,1-2H3,(H,24,25)/b23-15-. The van der Waals surface area contributed by atoms with Gasteiger partial charge in [0.15, 0.2) is 0 Å². The zero-order chi connectivity index (χ0) is 18.4. The lowest BCUT2D eigenvalue weighted by atomic mass is 10.0. The van der Waals surface area contributed by atoms with E-state index in [0.29, 0.717) is 0 Å². The van der Waals surface area contributed by atoms with Crippen LogP contribution in [0.25, 0.3) is 10.8 Å². The van der Waals surface area contributed by atoms with Gasteiger partial charge in [0.1, 0.15) is 5.75 Å². The van der Waals surface area contributed by atoms with Crippen molar-refractivity contribution in [3.8, 4) is 5.75 Å². The molecule has 0 saturated carbocycles. The van der Waals surface area contributed by atoms with E-state index in [1.807, 2.05) is 73.7 Å². The first-order valence-corrected chi connectivity index (χ1v) is 8.36. The van der Waals surface area contributed by atoms with Gasteiger partial charge in [0.2, 0.25) is 0 Å². The Morgan fingerprint density at radius 3 is 2.50 bits per heavy atom. The summed E-state index contributed by atoms with van der Waals surface area (Å²) in [5, 5.41) is 9.44. The first-order valence-electron chi connectivity index (χ1n) is 8.36. The second-order valence-corrected chi connectivity index (χ2v) is 5.88. The van der Waals surface area contributed by atoms with Crippen molar-refractivity contribution in [3.63, 3.8) is 0 Å². The lowest BCUT2D eigenvalue weighted by Gasteiger charge is -2.07. The first-order chi connectivity index (χ1) is 12.7. The number of carbonyl (C=O) groups excluding carboxylic acids is 1. The quantitative estimate of drug-likeness (QED) is 0.527. The van der Waals surface area contributed by atoms with Crippen LogP contribution in [0.1, 0.15) is 12.5 Å². The summed E-state index contributed by atoms with van der Waals surface area (Å²) in [5.41, 5.74) is 5.18. The van der Waals surface area contributed by atoms with Gasteiger partial charge in [0, 0.05) is 5.69 Å². The third-order valence-electron chi connectivity index (χ3n) is 4.04. The molecule has 0 aliphatic heterocycles. The van der Waals surface area contributed by atoms with Crippen molar-refractivity contribution >= 4 is 28.1 Å². The maximum Gasteiger partial charge on any atom is 0.259 e. The molecule has 3 aromatic carbocycles. The summed E-state index contributed by atoms with van der Waals surface area (Å²) in [4.78, 5) is 11.9. The number of benzene rings is 3. The third-order valence-corrected chi connectivity index (χ3v) is 4.04. The van der Waals surface area contributed by atoms with E-state index >= 15 is 0 Å². The number of rotatable bonds is 6. The van der Waals surface area contributed by atoms with E-state index in [1.54, 1.807) is 7.11 Å². The molecule has 3 aromatic rings. The fourth-order valence-electron chi connectivity index (χ4n) is 2.56. The van der Waals surface area contributed by atoms with Crippen LogP contribution in [-0.4, -0.2) is 25.3 Å². The van der Waals surface area contributed by atoms with E-state index in [9.17, 15) is 4.79 Å². The minimum atomic E-state index is -0.196. The van der Waals surface area contributed by atoms with Gasteiger partial charge in [-0.3, -0.25) is 4.79 Å². The van der Waals surface area contributed by atoms with Gasteiger partial charge in [-0.1, -0.05) is 36.4 Å². The van der Waals surface area contributed by atoms with Gasteiger partial charge in [-0.05, 0) is 53.6 Å². The molecule has 0 atom stereocenters. The van der Waals surface area contributed by atoms with Gasteiger partial charge >= 0.3 is 0 Å². The van der Waals surface area contributed by atoms with Crippen molar-refractivity contribution in [2.45, 2.75) is 6.92 Å². The minimum absolute atomic E-state index is 0.165. The molecule has 132 valence electrons. The van der Waals surface area contributed by atoms with Crippen LogP contribution >= 0.6 is 0 Å². The van der Waals surface area contributed by atoms with Crippen LogP contribution in [0.4, 0.5) is 5.69 Å². The number of amides is 1. The molecule has 0 aliphatic rings. The number of nitrogens with one attached hydrogen (secondary N) is 2. The summed E-state index contributed by atoms with van der Waals surface area (Å²) in [7, 11) is 1.65. The maximum atomic E-state index is 11.9. The second-order valence-electron chi connectivity index (χ2n) is 5.88. The Balaban J connectivity index is 1.63. The van der Waals surface area contributed by atoms with Gasteiger partial charge in [0.25, 0.3) is 5.91 Å². The van der Waals surface area contributed by atoms with E-state index in [0.717, 1.165) is 33.5 Å². The Bertz CT molecular complexity index is 936. The second kappa shape index (κ2) is 8.16. The van der Waals surface area contributed by atoms with Crippen molar-refractivity contribution in [2.24, 2.45) is 5.10 Å². The molecule has 0 aromatic heterocycles. The smallest absolute Gasteiger partial charge is 0.259 e. The average Bonchev–Trinajstić information content (AvgIpc) is 2.70. The highest BCUT2D eigenvalue weighted by atomic mass is 16.5. The van der Waals surface area contributed by atoms with Crippen LogP contribution in [0, 0.1) is 0 Å². The maximum absolute atomic E-state index is 11.9. The van der Waals surface area contributed by atoms with Crippen LogP contribution in [0.15, 0.2) is 71.8 Å². The van der Waals surface area contributed by atoms with Gasteiger partial charge in [-0.2, -0.15) is 5.10 Å². The molecule has 5 nitrogen and oxygen atoms in total. The highest BCUT2D eigenvalue weighted by Crippen LogP contribution is 2.22. The number of para-hydroxylation sites is 1. The molecule has 0 unspecified atom stereocenters. The Kier molecular flexibility index (Phi) is 5.49. The van der Waals surface area contributed by atoms with Crippen LogP contribution in [0.3, 0.4) is 0 Å². The molecule has 26 heavy (non-hydrogen) atoms. The summed E-state index contributed by atoms with van der Waals surface area (Å²) in [6, 6.07) is 21.5. The molecule has 3 rings (SSSR count). The summed E-state index contributed by atoms with van der Waals surface area (Å²) in [6.07, 6.45) is 0. The van der Waals surface area contributed by atoms with Gasteiger partial charge in [0.05, 0.1) is 19.4 Å². The number of hydrogen-bond acceptors (Lipinski definition) is 4. The van der Waals surface area contributed by atoms with E-state index in [-0.39, 0.29) is 12.5 Å². The number of carbonyl (C=O) groups is 1. The number of nitrogens with zero attached hydrogens (tertiary/aromatic N) is 1. The normalized spacial score (nSPS) is 11.2. The molecule has 0 saturated heterocycles. The van der Waals surface area contributed by atoms with Crippen molar-refractivity contribution < 1.29 is 9.53 Å². The largest absolute Gasteiger partial charge is 0.497 e. The molecule has 2 N–H and O–H groups in total. The molecule has 0 fully saturated rings. The van der Waals surface area contributed by atoms with Gasteiger partial charge in [-0.15, -0.1) is 0 Å². The summed E-state index contributed by atoms with van der Waals surface area (Å²) in [6.45, 7) is 2.04. The zero-order valence-corrected chi connectivity index (χ0v) is 14.8. The van der Waals surface area contributed by atoms with E-state index in [4.69, 9.17) is 4.74 Å². The zero-order valence-electron chi connectivity index (χ0n) is 14.8. The van der Waals surface area contributed by atoms with Gasteiger partial charge in [-0.25, -0.2) is 5.43 Å². The monoisotopic (exact) mass is 347 g/mol. The summed E-state index contributed by atoms with van der Waals surface area (Å²) in [5.74, 6) is 0.632. The Hall–Kier alpha value is -3.34. The average molecular weight is 347 g/mol. The molecular formula is C21H21N3O2. The van der Waals surface area contributed by atoms with Crippen LogP contribution in [0.2, 0.25) is 0 Å². The van der Waals surface area contributed by atoms with Crippen LogP contribution in [-0.2, 0) is 4.79 Å². The van der Waals surface area contributed by atoms with Crippen molar-refractivity contribution in [3.05, 3.63) is 72.3 Å². The number of anilines is 1. The molecule has 1 amide bonds. The third kappa shape index (κ3) is 4.39. The lowest BCUT2D eigenvalue weighted by molar-refractivity contribution is -0.119. The Morgan fingerprint density at radius 2 is 1.73 bits per heavy atom. The van der Waals surface area contributed by atoms with Gasteiger partial charge < -0.3 is 10.1 Å². The molecule has 0 aliphatic carbocycles. The molecule has 0 bridgehead atoms. The number of hydrazone groups is 1. The highest BCUT2D eigenvalue weighted by Gasteiger charge is 2.04. The van der Waals surface area contributed by atoms with E-state index in [2.05, 4.69) is 15.8 Å². The molecule has 0 radical (unpaired) electrons. The Labute approximate surface area is 152 Å². The van der Waals surface area contributed by atoms with Crippen molar-refractivity contribution in [2.75, 3.05) is 19.0 Å². The molecule has 5 heteroatoms. The number of ether oxygens (including phenoxy) is 1. The predicted octanol–water partition coefficient (Wildman–Crippen LogP) is 3.80. The number of methoxy groups -OCH3 is 1. The number of hydrogen-bond donors (Lipinski definition) is 2. The predicted molar refractivity (Wildman–Crippen MR) is 106 cm³/mol. The van der Waals surface area contributed by atoms with E-state index in [1.165, 1.54) is 0 Å². The summed E-state index contributed by atoms with van der Waals surface area (Å²) < 4.78 is 5.24. The minimum Gasteiger partial charge on any atom is -0.497 e.